The van der Waals surface area contributed by atoms with Crippen LogP contribution in [0.25, 0.3) is 0 Å². The van der Waals surface area contributed by atoms with E-state index in [0.29, 0.717) is 12.0 Å². The summed E-state index contributed by atoms with van der Waals surface area (Å²) in [7, 11) is 2.05. The van der Waals surface area contributed by atoms with Gasteiger partial charge in [-0.1, -0.05) is 45.0 Å². The molecule has 1 heterocycles. The van der Waals surface area contributed by atoms with Crippen LogP contribution in [0.4, 0.5) is 0 Å². The van der Waals surface area contributed by atoms with Crippen LogP contribution in [-0.2, 0) is 13.6 Å². The average molecular weight is 271 g/mol. The van der Waals surface area contributed by atoms with Gasteiger partial charge in [-0.05, 0) is 23.5 Å². The molecule has 1 aromatic carbocycles. The smallest absolute Gasteiger partial charge is 0.0946 e. The van der Waals surface area contributed by atoms with Gasteiger partial charge >= 0.3 is 0 Å². The lowest BCUT2D eigenvalue weighted by Gasteiger charge is -2.17. The first kappa shape index (κ1) is 14.8. The maximum atomic E-state index is 4.20. The second-order valence-corrected chi connectivity index (χ2v) is 5.67. The van der Waals surface area contributed by atoms with Gasteiger partial charge in [0.2, 0.25) is 0 Å². The Hall–Kier alpha value is -1.61. The van der Waals surface area contributed by atoms with E-state index in [4.69, 9.17) is 0 Å². The third-order valence-corrected chi connectivity index (χ3v) is 3.82. The van der Waals surface area contributed by atoms with Crippen LogP contribution in [-0.4, -0.2) is 9.55 Å². The molecule has 3 heteroatoms. The van der Waals surface area contributed by atoms with Crippen molar-refractivity contribution in [2.75, 3.05) is 0 Å². The van der Waals surface area contributed by atoms with Crippen LogP contribution in [0, 0.1) is 0 Å². The Kier molecular flexibility index (Phi) is 4.96. The van der Waals surface area contributed by atoms with Crippen molar-refractivity contribution in [3.63, 3.8) is 0 Å². The molecule has 1 aromatic heterocycles. The summed E-state index contributed by atoms with van der Waals surface area (Å²) in [5.74, 6) is 0.592. The second-order valence-electron chi connectivity index (χ2n) is 5.67. The second kappa shape index (κ2) is 6.71. The molecule has 20 heavy (non-hydrogen) atoms. The molecule has 0 aliphatic carbocycles. The van der Waals surface area contributed by atoms with Gasteiger partial charge in [-0.2, -0.15) is 0 Å². The normalized spacial score (nSPS) is 12.8. The fourth-order valence-electron chi connectivity index (χ4n) is 2.42. The van der Waals surface area contributed by atoms with E-state index in [-0.39, 0.29) is 0 Å². The zero-order valence-electron chi connectivity index (χ0n) is 12.9. The van der Waals surface area contributed by atoms with E-state index in [1.54, 1.807) is 0 Å². The molecular weight excluding hydrogens is 246 g/mol. The van der Waals surface area contributed by atoms with Crippen molar-refractivity contribution < 1.29 is 0 Å². The number of nitrogens with one attached hydrogen (secondary N) is 1. The monoisotopic (exact) mass is 271 g/mol. The summed E-state index contributed by atoms with van der Waals surface area (Å²) in [4.78, 5) is 4.20. The molecule has 2 aromatic rings. The molecule has 0 amide bonds. The van der Waals surface area contributed by atoms with Crippen LogP contribution < -0.4 is 5.32 Å². The average Bonchev–Trinajstić information content (AvgIpc) is 2.86. The number of hydrogen-bond donors (Lipinski definition) is 1. The predicted octanol–water partition coefficient (Wildman–Crippen LogP) is 3.78. The maximum absolute atomic E-state index is 4.20. The summed E-state index contributed by atoms with van der Waals surface area (Å²) in [5, 5.41) is 3.62. The van der Waals surface area contributed by atoms with Crippen molar-refractivity contribution in [2.45, 2.75) is 45.7 Å². The lowest BCUT2D eigenvalue weighted by molar-refractivity contribution is 0.493. The topological polar surface area (TPSA) is 29.9 Å². The molecule has 0 aliphatic heterocycles. The van der Waals surface area contributed by atoms with Gasteiger partial charge in [-0.25, -0.2) is 4.98 Å². The minimum absolute atomic E-state index is 0.354. The Bertz CT molecular complexity index is 525. The minimum atomic E-state index is 0.354. The largest absolute Gasteiger partial charge is 0.336 e. The Morgan fingerprint density at radius 2 is 1.90 bits per heavy atom. The van der Waals surface area contributed by atoms with Crippen molar-refractivity contribution in [3.05, 3.63) is 53.6 Å². The van der Waals surface area contributed by atoms with Crippen LogP contribution in [0.1, 0.15) is 56.0 Å². The summed E-state index contributed by atoms with van der Waals surface area (Å²) in [6.45, 7) is 7.54. The van der Waals surface area contributed by atoms with Crippen molar-refractivity contribution in [1.29, 1.82) is 0 Å². The van der Waals surface area contributed by atoms with Gasteiger partial charge in [0.15, 0.2) is 0 Å². The highest BCUT2D eigenvalue weighted by Crippen LogP contribution is 2.18. The number of imidazole rings is 1. The highest BCUT2D eigenvalue weighted by Gasteiger charge is 2.12. The molecule has 2 rings (SSSR count). The van der Waals surface area contributed by atoms with Crippen LogP contribution in [0.15, 0.2) is 36.8 Å². The van der Waals surface area contributed by atoms with Gasteiger partial charge in [0.05, 0.1) is 12.0 Å². The Labute approximate surface area is 122 Å². The first-order chi connectivity index (χ1) is 9.61. The maximum Gasteiger partial charge on any atom is 0.0946 e. The molecule has 1 N–H and O–H groups in total. The summed E-state index contributed by atoms with van der Waals surface area (Å²) in [6, 6.07) is 9.25. The minimum Gasteiger partial charge on any atom is -0.336 e. The highest BCUT2D eigenvalue weighted by atomic mass is 15.1. The molecule has 0 unspecified atom stereocenters. The first-order valence-corrected chi connectivity index (χ1v) is 7.40. The third-order valence-electron chi connectivity index (χ3n) is 3.82. The number of aromatic nitrogens is 2. The first-order valence-electron chi connectivity index (χ1n) is 7.40. The van der Waals surface area contributed by atoms with E-state index in [1.807, 2.05) is 19.6 Å². The molecule has 0 saturated carbocycles. The standard InChI is InChI=1S/C17H25N3/c1-5-16(17-11-18-12-20(17)4)19-10-14-6-8-15(9-7-14)13(2)3/h6-9,11-13,16,19H,5,10H2,1-4H3/t16-/m0/s1. The number of rotatable bonds is 6. The van der Waals surface area contributed by atoms with Crippen molar-refractivity contribution in [1.82, 2.24) is 14.9 Å². The van der Waals surface area contributed by atoms with Crippen LogP contribution in [0.3, 0.4) is 0 Å². The van der Waals surface area contributed by atoms with Crippen LogP contribution >= 0.6 is 0 Å². The lowest BCUT2D eigenvalue weighted by atomic mass is 10.0. The van der Waals surface area contributed by atoms with Crippen molar-refractivity contribution in [2.24, 2.45) is 7.05 Å². The van der Waals surface area contributed by atoms with Gasteiger partial charge in [0.1, 0.15) is 0 Å². The zero-order chi connectivity index (χ0) is 14.5. The molecule has 0 spiro atoms. The lowest BCUT2D eigenvalue weighted by Crippen LogP contribution is -2.22. The Morgan fingerprint density at radius 3 is 2.40 bits per heavy atom. The molecule has 0 aliphatic rings. The Morgan fingerprint density at radius 1 is 1.20 bits per heavy atom. The fraction of sp³-hybridized carbons (Fsp3) is 0.471. The van der Waals surface area contributed by atoms with E-state index in [9.17, 15) is 0 Å². The van der Waals surface area contributed by atoms with E-state index in [0.717, 1.165) is 13.0 Å². The number of nitrogens with zero attached hydrogens (tertiary/aromatic N) is 2. The molecule has 0 radical (unpaired) electrons. The summed E-state index contributed by atoms with van der Waals surface area (Å²) < 4.78 is 2.09. The van der Waals surface area contributed by atoms with Crippen molar-refractivity contribution in [3.8, 4) is 0 Å². The molecule has 1 atom stereocenters. The molecule has 0 saturated heterocycles. The number of benzene rings is 1. The summed E-state index contributed by atoms with van der Waals surface area (Å²) in [6.07, 6.45) is 4.86. The van der Waals surface area contributed by atoms with Gasteiger partial charge in [-0.3, -0.25) is 0 Å². The summed E-state index contributed by atoms with van der Waals surface area (Å²) in [5.41, 5.74) is 3.97. The van der Waals surface area contributed by atoms with Gasteiger partial charge in [0, 0.05) is 25.8 Å². The number of aryl methyl sites for hydroxylation is 1. The fourth-order valence-corrected chi connectivity index (χ4v) is 2.42. The zero-order valence-corrected chi connectivity index (χ0v) is 12.9. The van der Waals surface area contributed by atoms with Gasteiger partial charge in [0.25, 0.3) is 0 Å². The SMILES string of the molecule is CC[C@H](NCc1ccc(C(C)C)cc1)c1cncn1C. The third kappa shape index (κ3) is 3.48. The molecule has 0 bridgehead atoms. The number of hydrogen-bond acceptors (Lipinski definition) is 2. The van der Waals surface area contributed by atoms with Crippen LogP contribution in [0.2, 0.25) is 0 Å². The molecular formula is C17H25N3. The van der Waals surface area contributed by atoms with E-state index < -0.39 is 0 Å². The van der Waals surface area contributed by atoms with E-state index in [2.05, 4.69) is 59.9 Å². The molecule has 3 nitrogen and oxygen atoms in total. The summed E-state index contributed by atoms with van der Waals surface area (Å²) >= 11 is 0. The highest BCUT2D eigenvalue weighted by molar-refractivity contribution is 5.24. The molecule has 108 valence electrons. The van der Waals surface area contributed by atoms with Crippen LogP contribution in [0.5, 0.6) is 0 Å². The van der Waals surface area contributed by atoms with Gasteiger partial charge in [-0.15, -0.1) is 0 Å². The van der Waals surface area contributed by atoms with Gasteiger partial charge < -0.3 is 9.88 Å². The predicted molar refractivity (Wildman–Crippen MR) is 83.6 cm³/mol. The van der Waals surface area contributed by atoms with E-state index in [1.165, 1.54) is 16.8 Å². The Balaban J connectivity index is 1.98. The quantitative estimate of drug-likeness (QED) is 0.866. The van der Waals surface area contributed by atoms with E-state index >= 15 is 0 Å². The molecule has 0 fully saturated rings. The van der Waals surface area contributed by atoms with Crippen molar-refractivity contribution >= 4 is 0 Å².